The third kappa shape index (κ3) is 4.03. The molecule has 0 aliphatic rings. The van der Waals surface area contributed by atoms with E-state index in [0.29, 0.717) is 37.6 Å². The molecule has 0 aliphatic heterocycles. The van der Waals surface area contributed by atoms with Gasteiger partial charge in [-0.15, -0.1) is 11.3 Å². The van der Waals surface area contributed by atoms with Gasteiger partial charge in [0.1, 0.15) is 0 Å². The molecular formula is C22H19N5O3S3. The van der Waals surface area contributed by atoms with Gasteiger partial charge in [-0.3, -0.25) is 10.1 Å². The molecule has 0 radical (unpaired) electrons. The predicted octanol–water partition coefficient (Wildman–Crippen LogP) is 5.01. The number of anilines is 1. The molecule has 0 spiro atoms. The van der Waals surface area contributed by atoms with E-state index in [9.17, 15) is 13.2 Å². The van der Waals surface area contributed by atoms with Crippen molar-refractivity contribution in [2.45, 2.75) is 24.8 Å². The highest BCUT2D eigenvalue weighted by molar-refractivity contribution is 7.90. The van der Waals surface area contributed by atoms with Gasteiger partial charge in [-0.05, 0) is 49.6 Å². The van der Waals surface area contributed by atoms with Crippen molar-refractivity contribution in [2.24, 2.45) is 0 Å². The second-order valence-electron chi connectivity index (χ2n) is 7.83. The number of nitrogens with zero attached hydrogens (tertiary/aromatic N) is 4. The number of hydrogen-bond donors (Lipinski definition) is 1. The summed E-state index contributed by atoms with van der Waals surface area (Å²) in [5.41, 5.74) is 2.41. The quantitative estimate of drug-likeness (QED) is 0.366. The smallest absolute Gasteiger partial charge is 0.258 e. The Kier molecular flexibility index (Phi) is 5.26. The summed E-state index contributed by atoms with van der Waals surface area (Å²) in [7, 11) is -3.33. The normalized spacial score (nSPS) is 12.1. The van der Waals surface area contributed by atoms with Crippen molar-refractivity contribution in [3.8, 4) is 10.6 Å². The fraction of sp³-hybridized carbons (Fsp3) is 0.182. The maximum Gasteiger partial charge on any atom is 0.258 e. The van der Waals surface area contributed by atoms with Crippen LogP contribution < -0.4 is 5.32 Å². The van der Waals surface area contributed by atoms with Gasteiger partial charge >= 0.3 is 0 Å². The van der Waals surface area contributed by atoms with Gasteiger partial charge in [0.15, 0.2) is 20.6 Å². The molecule has 0 fully saturated rings. The lowest BCUT2D eigenvalue weighted by molar-refractivity contribution is 0.102. The number of pyridine rings is 1. The van der Waals surface area contributed by atoms with Gasteiger partial charge in [-0.25, -0.2) is 23.1 Å². The zero-order valence-corrected chi connectivity index (χ0v) is 20.4. The lowest BCUT2D eigenvalue weighted by Gasteiger charge is -2.09. The molecule has 0 unspecified atom stereocenters. The van der Waals surface area contributed by atoms with Crippen LogP contribution in [0.1, 0.15) is 30.2 Å². The molecule has 0 saturated heterocycles. The molecule has 168 valence electrons. The number of sulfone groups is 1. The van der Waals surface area contributed by atoms with E-state index < -0.39 is 9.84 Å². The van der Waals surface area contributed by atoms with Gasteiger partial charge in [-0.1, -0.05) is 17.4 Å². The van der Waals surface area contributed by atoms with E-state index in [1.54, 1.807) is 40.4 Å². The zero-order valence-electron chi connectivity index (χ0n) is 17.9. The van der Waals surface area contributed by atoms with E-state index >= 15 is 0 Å². The molecule has 33 heavy (non-hydrogen) atoms. The van der Waals surface area contributed by atoms with Crippen LogP contribution >= 0.6 is 22.7 Å². The predicted molar refractivity (Wildman–Crippen MR) is 132 cm³/mol. The van der Waals surface area contributed by atoms with Gasteiger partial charge in [0, 0.05) is 12.3 Å². The number of rotatable bonds is 5. The van der Waals surface area contributed by atoms with Gasteiger partial charge < -0.3 is 0 Å². The van der Waals surface area contributed by atoms with Crippen molar-refractivity contribution in [1.29, 1.82) is 0 Å². The number of benzene rings is 1. The number of carbonyl (C=O) groups is 1. The van der Waals surface area contributed by atoms with Crippen LogP contribution in [0.3, 0.4) is 0 Å². The van der Waals surface area contributed by atoms with Crippen LogP contribution in [0, 0.1) is 0 Å². The van der Waals surface area contributed by atoms with Crippen molar-refractivity contribution >= 4 is 64.8 Å². The molecule has 1 amide bonds. The fourth-order valence-electron chi connectivity index (χ4n) is 3.49. The minimum absolute atomic E-state index is 0.0813. The van der Waals surface area contributed by atoms with Crippen LogP contribution in [0.2, 0.25) is 0 Å². The molecule has 0 atom stereocenters. The van der Waals surface area contributed by atoms with Crippen LogP contribution in [0.5, 0.6) is 0 Å². The Labute approximate surface area is 197 Å². The van der Waals surface area contributed by atoms with Gasteiger partial charge in [0.05, 0.1) is 42.8 Å². The standard InChI is InChI=1S/C22H19N5O3S3/c1-12(2)27-20-15(11-23-27)14(10-17(24-20)18-5-4-8-31-18)21(28)26-22-25-16-7-6-13(33(3,29)30)9-19(16)32-22/h4-12H,1-3H3,(H,25,26,28). The lowest BCUT2D eigenvalue weighted by Crippen LogP contribution is -2.13. The summed E-state index contributed by atoms with van der Waals surface area (Å²) < 4.78 is 26.2. The van der Waals surface area contributed by atoms with E-state index in [1.165, 1.54) is 17.4 Å². The van der Waals surface area contributed by atoms with E-state index in [1.807, 2.05) is 31.4 Å². The summed E-state index contributed by atoms with van der Waals surface area (Å²) in [6.07, 6.45) is 2.82. The fourth-order valence-corrected chi connectivity index (χ4v) is 5.80. The number of thiazole rings is 1. The summed E-state index contributed by atoms with van der Waals surface area (Å²) in [5.74, 6) is -0.328. The Balaban J connectivity index is 1.57. The number of nitrogens with one attached hydrogen (secondary N) is 1. The van der Waals surface area contributed by atoms with E-state index in [0.717, 1.165) is 11.1 Å². The van der Waals surface area contributed by atoms with Gasteiger partial charge in [0.25, 0.3) is 5.91 Å². The van der Waals surface area contributed by atoms with Gasteiger partial charge in [-0.2, -0.15) is 5.10 Å². The minimum Gasteiger partial charge on any atom is -0.298 e. The highest BCUT2D eigenvalue weighted by Gasteiger charge is 2.20. The molecule has 1 aromatic carbocycles. The number of amides is 1. The largest absolute Gasteiger partial charge is 0.298 e. The summed E-state index contributed by atoms with van der Waals surface area (Å²) in [6.45, 7) is 4.02. The maximum absolute atomic E-state index is 13.3. The Morgan fingerprint density at radius 2 is 1.97 bits per heavy atom. The molecule has 5 rings (SSSR count). The Hall–Kier alpha value is -3.15. The highest BCUT2D eigenvalue weighted by atomic mass is 32.2. The Morgan fingerprint density at radius 3 is 2.67 bits per heavy atom. The van der Waals surface area contributed by atoms with Crippen LogP contribution in [-0.2, 0) is 9.84 Å². The Bertz CT molecular complexity index is 1620. The maximum atomic E-state index is 13.3. The van der Waals surface area contributed by atoms with Crippen molar-refractivity contribution in [1.82, 2.24) is 19.7 Å². The number of hydrogen-bond acceptors (Lipinski definition) is 8. The average molecular weight is 498 g/mol. The SMILES string of the molecule is CC(C)n1ncc2c(C(=O)Nc3nc4ccc(S(C)(=O)=O)cc4s3)cc(-c3cccs3)nc21. The second kappa shape index (κ2) is 8.01. The molecule has 1 N–H and O–H groups in total. The third-order valence-electron chi connectivity index (χ3n) is 5.08. The topological polar surface area (TPSA) is 107 Å². The average Bonchev–Trinajstić information content (AvgIpc) is 3.50. The molecule has 5 aromatic rings. The van der Waals surface area contributed by atoms with E-state index in [4.69, 9.17) is 4.98 Å². The molecular weight excluding hydrogens is 478 g/mol. The monoisotopic (exact) mass is 497 g/mol. The molecule has 11 heteroatoms. The zero-order chi connectivity index (χ0) is 23.3. The molecule has 0 bridgehead atoms. The first-order valence-electron chi connectivity index (χ1n) is 10.0. The first-order valence-corrected chi connectivity index (χ1v) is 13.6. The molecule has 4 heterocycles. The van der Waals surface area contributed by atoms with Crippen molar-refractivity contribution in [3.05, 3.63) is 53.5 Å². The van der Waals surface area contributed by atoms with Crippen LogP contribution in [0.4, 0.5) is 5.13 Å². The first-order chi connectivity index (χ1) is 15.7. The van der Waals surface area contributed by atoms with Crippen LogP contribution in [0.15, 0.2) is 52.9 Å². The molecule has 4 aromatic heterocycles. The second-order valence-corrected chi connectivity index (χ2v) is 11.8. The summed E-state index contributed by atoms with van der Waals surface area (Å²) in [5, 5.41) is 10.3. The summed E-state index contributed by atoms with van der Waals surface area (Å²) in [6, 6.07) is 10.5. The Morgan fingerprint density at radius 1 is 1.15 bits per heavy atom. The first kappa shape index (κ1) is 21.7. The summed E-state index contributed by atoms with van der Waals surface area (Å²) in [4.78, 5) is 23.7. The molecule has 0 saturated carbocycles. The van der Waals surface area contributed by atoms with Crippen molar-refractivity contribution < 1.29 is 13.2 Å². The van der Waals surface area contributed by atoms with E-state index in [-0.39, 0.29) is 16.8 Å². The number of fused-ring (bicyclic) bond motifs is 2. The molecule has 0 aliphatic carbocycles. The van der Waals surface area contributed by atoms with Crippen LogP contribution in [0.25, 0.3) is 31.8 Å². The van der Waals surface area contributed by atoms with E-state index in [2.05, 4.69) is 15.4 Å². The minimum atomic E-state index is -3.33. The van der Waals surface area contributed by atoms with Crippen molar-refractivity contribution in [3.63, 3.8) is 0 Å². The number of carbonyl (C=O) groups excluding carboxylic acids is 1. The van der Waals surface area contributed by atoms with Gasteiger partial charge in [0.2, 0.25) is 0 Å². The highest BCUT2D eigenvalue weighted by Crippen LogP contribution is 2.31. The number of aromatic nitrogens is 4. The molecule has 8 nitrogen and oxygen atoms in total. The third-order valence-corrected chi connectivity index (χ3v) is 8.02. The van der Waals surface area contributed by atoms with Crippen molar-refractivity contribution in [2.75, 3.05) is 11.6 Å². The lowest BCUT2D eigenvalue weighted by atomic mass is 10.1. The summed E-state index contributed by atoms with van der Waals surface area (Å²) >= 11 is 2.77. The van der Waals surface area contributed by atoms with Crippen LogP contribution in [-0.4, -0.2) is 40.3 Å². The number of thiophene rings is 1.